The van der Waals surface area contributed by atoms with Crippen LogP contribution in [0.1, 0.15) is 0 Å². The summed E-state index contributed by atoms with van der Waals surface area (Å²) in [5.41, 5.74) is 1.12. The van der Waals surface area contributed by atoms with Crippen LogP contribution in [0.15, 0.2) is 136 Å². The van der Waals surface area contributed by atoms with E-state index in [9.17, 15) is 0 Å². The standard InChI is InChI=1S/C24H21NS/c1-5-13-21(14-6-1)25-26(22-15-7-2-8-16-22,23-17-9-3-10-18-23)24-19-11-4-12-20-24/h1-20,25H. The minimum absolute atomic E-state index is 1.12. The Morgan fingerprint density at radius 2 is 0.692 bits per heavy atom. The van der Waals surface area contributed by atoms with Crippen LogP contribution in [0.2, 0.25) is 0 Å². The summed E-state index contributed by atoms with van der Waals surface area (Å²) >= 11 is 0. The predicted octanol–water partition coefficient (Wildman–Crippen LogP) is 7.00. The number of rotatable bonds is 5. The van der Waals surface area contributed by atoms with Crippen LogP contribution in [0.3, 0.4) is 0 Å². The van der Waals surface area contributed by atoms with E-state index in [-0.39, 0.29) is 0 Å². The van der Waals surface area contributed by atoms with Crippen LogP contribution in [0.4, 0.5) is 5.69 Å². The average Bonchev–Trinajstić information content (AvgIpc) is 2.75. The molecule has 0 heterocycles. The maximum Gasteiger partial charge on any atom is 0.0434 e. The van der Waals surface area contributed by atoms with E-state index < -0.39 is 10.2 Å². The third-order valence-corrected chi connectivity index (χ3v) is 7.81. The van der Waals surface area contributed by atoms with E-state index in [2.05, 4.69) is 126 Å². The summed E-state index contributed by atoms with van der Waals surface area (Å²) in [6.45, 7) is 0. The second-order valence-corrected chi connectivity index (χ2v) is 8.86. The van der Waals surface area contributed by atoms with Gasteiger partial charge >= 0.3 is 0 Å². The molecule has 1 nitrogen and oxygen atoms in total. The van der Waals surface area contributed by atoms with Gasteiger partial charge in [0.1, 0.15) is 0 Å². The number of para-hydroxylation sites is 1. The molecule has 0 aliphatic rings. The van der Waals surface area contributed by atoms with Crippen LogP contribution in [0.25, 0.3) is 0 Å². The van der Waals surface area contributed by atoms with E-state index in [1.54, 1.807) is 0 Å². The van der Waals surface area contributed by atoms with Crippen molar-refractivity contribution in [3.8, 4) is 0 Å². The highest BCUT2D eigenvalue weighted by Gasteiger charge is 2.30. The molecule has 0 fully saturated rings. The highest BCUT2D eigenvalue weighted by atomic mass is 32.3. The van der Waals surface area contributed by atoms with Crippen molar-refractivity contribution in [2.75, 3.05) is 4.72 Å². The van der Waals surface area contributed by atoms with Crippen molar-refractivity contribution in [2.45, 2.75) is 14.7 Å². The molecule has 0 amide bonds. The van der Waals surface area contributed by atoms with Gasteiger partial charge in [0, 0.05) is 20.4 Å². The maximum absolute atomic E-state index is 3.92. The molecular formula is C24H21NS. The van der Waals surface area contributed by atoms with Crippen molar-refractivity contribution >= 4 is 15.9 Å². The second kappa shape index (κ2) is 7.51. The van der Waals surface area contributed by atoms with Crippen LogP contribution in [-0.4, -0.2) is 0 Å². The van der Waals surface area contributed by atoms with Gasteiger partial charge in [0.25, 0.3) is 0 Å². The summed E-state index contributed by atoms with van der Waals surface area (Å²) in [6, 6.07) is 42.8. The molecule has 2 heteroatoms. The van der Waals surface area contributed by atoms with Crippen LogP contribution in [0, 0.1) is 0 Å². The third-order valence-electron chi connectivity index (χ3n) is 4.34. The van der Waals surface area contributed by atoms with Gasteiger partial charge in [-0.3, -0.25) is 0 Å². The first-order valence-electron chi connectivity index (χ1n) is 8.71. The number of benzene rings is 4. The number of hydrogen-bond acceptors (Lipinski definition) is 1. The van der Waals surface area contributed by atoms with Gasteiger partial charge < -0.3 is 4.72 Å². The summed E-state index contributed by atoms with van der Waals surface area (Å²) < 4.78 is 3.92. The average molecular weight is 356 g/mol. The van der Waals surface area contributed by atoms with E-state index in [1.165, 1.54) is 14.7 Å². The molecule has 0 atom stereocenters. The van der Waals surface area contributed by atoms with Crippen molar-refractivity contribution in [3.63, 3.8) is 0 Å². The molecule has 128 valence electrons. The fourth-order valence-corrected chi connectivity index (χ4v) is 6.50. The summed E-state index contributed by atoms with van der Waals surface area (Å²) in [5.74, 6) is 0. The minimum Gasteiger partial charge on any atom is -0.336 e. The summed E-state index contributed by atoms with van der Waals surface area (Å²) in [7, 11) is -1.64. The third kappa shape index (κ3) is 3.12. The zero-order chi connectivity index (χ0) is 17.7. The maximum atomic E-state index is 3.92. The van der Waals surface area contributed by atoms with Crippen molar-refractivity contribution in [1.82, 2.24) is 0 Å². The first-order chi connectivity index (χ1) is 12.9. The van der Waals surface area contributed by atoms with Crippen molar-refractivity contribution in [1.29, 1.82) is 0 Å². The molecule has 26 heavy (non-hydrogen) atoms. The molecule has 4 aromatic rings. The zero-order valence-electron chi connectivity index (χ0n) is 14.5. The molecule has 0 radical (unpaired) electrons. The molecular weight excluding hydrogens is 334 g/mol. The Balaban J connectivity index is 2.00. The van der Waals surface area contributed by atoms with Gasteiger partial charge in [-0.05, 0) is 48.5 Å². The molecule has 4 rings (SSSR count). The normalized spacial score (nSPS) is 11.7. The molecule has 0 aliphatic carbocycles. The molecule has 0 bridgehead atoms. The van der Waals surface area contributed by atoms with Gasteiger partial charge in [0.05, 0.1) is 0 Å². The van der Waals surface area contributed by atoms with Gasteiger partial charge in [0.2, 0.25) is 0 Å². The Morgan fingerprint density at radius 1 is 0.385 bits per heavy atom. The SMILES string of the molecule is c1ccc(NS(c2ccccc2)(c2ccccc2)c2ccccc2)cc1. The van der Waals surface area contributed by atoms with Crippen molar-refractivity contribution in [3.05, 3.63) is 121 Å². The van der Waals surface area contributed by atoms with E-state index in [0.29, 0.717) is 0 Å². The monoisotopic (exact) mass is 355 g/mol. The van der Waals surface area contributed by atoms with Crippen LogP contribution < -0.4 is 4.72 Å². The fourth-order valence-electron chi connectivity index (χ4n) is 3.14. The molecule has 0 saturated carbocycles. The molecule has 0 unspecified atom stereocenters. The minimum atomic E-state index is -1.64. The first-order valence-corrected chi connectivity index (χ1v) is 10.3. The fraction of sp³-hybridized carbons (Fsp3) is 0. The van der Waals surface area contributed by atoms with Crippen molar-refractivity contribution in [2.24, 2.45) is 0 Å². The Hall–Kier alpha value is -2.97. The van der Waals surface area contributed by atoms with Crippen LogP contribution in [-0.2, 0) is 0 Å². The van der Waals surface area contributed by atoms with Gasteiger partial charge in [-0.25, -0.2) is 0 Å². The Labute approximate surface area is 156 Å². The quantitative estimate of drug-likeness (QED) is 0.406. The Bertz CT molecular complexity index is 842. The molecule has 0 spiro atoms. The van der Waals surface area contributed by atoms with Crippen LogP contribution >= 0.6 is 10.2 Å². The lowest BCUT2D eigenvalue weighted by atomic mass is 10.3. The largest absolute Gasteiger partial charge is 0.336 e. The van der Waals surface area contributed by atoms with E-state index in [4.69, 9.17) is 0 Å². The molecule has 0 saturated heterocycles. The highest BCUT2D eigenvalue weighted by Crippen LogP contribution is 2.67. The lowest BCUT2D eigenvalue weighted by molar-refractivity contribution is 1.29. The lowest BCUT2D eigenvalue weighted by Gasteiger charge is -2.42. The number of hydrogen-bond donors (Lipinski definition) is 1. The summed E-state index contributed by atoms with van der Waals surface area (Å²) in [6.07, 6.45) is 0. The second-order valence-electron chi connectivity index (χ2n) is 6.02. The van der Waals surface area contributed by atoms with Gasteiger partial charge in [-0.2, -0.15) is 0 Å². The lowest BCUT2D eigenvalue weighted by Crippen LogP contribution is -2.13. The van der Waals surface area contributed by atoms with E-state index >= 15 is 0 Å². The zero-order valence-corrected chi connectivity index (χ0v) is 15.3. The van der Waals surface area contributed by atoms with E-state index in [0.717, 1.165) is 5.69 Å². The number of nitrogens with one attached hydrogen (secondary N) is 1. The summed E-state index contributed by atoms with van der Waals surface area (Å²) in [5, 5.41) is 0. The van der Waals surface area contributed by atoms with Gasteiger partial charge in [-0.15, -0.1) is 0 Å². The summed E-state index contributed by atoms with van der Waals surface area (Å²) in [4.78, 5) is 3.88. The van der Waals surface area contributed by atoms with Gasteiger partial charge in [0.15, 0.2) is 0 Å². The Morgan fingerprint density at radius 3 is 1.04 bits per heavy atom. The topological polar surface area (TPSA) is 12.0 Å². The predicted molar refractivity (Wildman–Crippen MR) is 112 cm³/mol. The van der Waals surface area contributed by atoms with E-state index in [1.807, 2.05) is 0 Å². The van der Waals surface area contributed by atoms with Gasteiger partial charge in [-0.1, -0.05) is 83.0 Å². The molecule has 4 aromatic carbocycles. The Kier molecular flexibility index (Phi) is 4.76. The molecule has 0 aliphatic heterocycles. The van der Waals surface area contributed by atoms with Crippen molar-refractivity contribution < 1.29 is 0 Å². The highest BCUT2D eigenvalue weighted by molar-refractivity contribution is 8.34. The smallest absolute Gasteiger partial charge is 0.0434 e. The van der Waals surface area contributed by atoms with Crippen LogP contribution in [0.5, 0.6) is 0 Å². The first kappa shape index (κ1) is 16.5. The molecule has 0 aromatic heterocycles. The number of anilines is 1. The molecule has 1 N–H and O–H groups in total.